The van der Waals surface area contributed by atoms with Gasteiger partial charge in [-0.1, -0.05) is 38.8 Å². The highest BCUT2D eigenvalue weighted by Crippen LogP contribution is 2.28. The third-order valence-corrected chi connectivity index (χ3v) is 4.27. The fraction of sp³-hybridized carbons (Fsp3) is 0.588. The highest BCUT2D eigenvalue weighted by atomic mass is 35.5. The van der Waals surface area contributed by atoms with Crippen molar-refractivity contribution in [2.45, 2.75) is 51.0 Å². The lowest BCUT2D eigenvalue weighted by atomic mass is 9.98. The number of carbonyl (C=O) groups excluding carboxylic acids is 1. The summed E-state index contributed by atoms with van der Waals surface area (Å²) in [7, 11) is 0. The Morgan fingerprint density at radius 2 is 1.86 bits per heavy atom. The van der Waals surface area contributed by atoms with Crippen molar-refractivity contribution >= 4 is 18.3 Å². The summed E-state index contributed by atoms with van der Waals surface area (Å²) in [5.41, 5.74) is 6.87. The Hall–Kier alpha value is -1.26. The maximum absolute atomic E-state index is 12.0. The van der Waals surface area contributed by atoms with E-state index in [1.165, 1.54) is 5.56 Å². The Morgan fingerprint density at radius 1 is 1.27 bits per heavy atom. The van der Waals surface area contributed by atoms with E-state index in [2.05, 4.69) is 19.2 Å². The second-order valence-electron chi connectivity index (χ2n) is 6.25. The summed E-state index contributed by atoms with van der Waals surface area (Å²) >= 11 is 0. The number of nitrogens with one attached hydrogen (secondary N) is 1. The minimum atomic E-state index is -0.206. The number of halogens is 1. The number of benzene rings is 1. The Labute approximate surface area is 139 Å². The highest BCUT2D eigenvalue weighted by molar-refractivity contribution is 5.85. The number of hydrogen-bond donors (Lipinski definition) is 2. The van der Waals surface area contributed by atoms with E-state index >= 15 is 0 Å². The van der Waals surface area contributed by atoms with Gasteiger partial charge in [-0.05, 0) is 36.5 Å². The molecule has 0 radical (unpaired) electrons. The molecular formula is C17H27ClN2O2. The summed E-state index contributed by atoms with van der Waals surface area (Å²) in [4.78, 5) is 12.0. The second kappa shape index (κ2) is 8.39. The van der Waals surface area contributed by atoms with Crippen molar-refractivity contribution in [2.75, 3.05) is 13.2 Å². The van der Waals surface area contributed by atoms with E-state index in [1.807, 2.05) is 24.3 Å². The van der Waals surface area contributed by atoms with Gasteiger partial charge >= 0.3 is 0 Å². The molecule has 0 spiro atoms. The fourth-order valence-electron chi connectivity index (χ4n) is 2.86. The van der Waals surface area contributed by atoms with E-state index in [4.69, 9.17) is 10.5 Å². The average molecular weight is 327 g/mol. The predicted molar refractivity (Wildman–Crippen MR) is 91.7 cm³/mol. The van der Waals surface area contributed by atoms with Gasteiger partial charge in [0, 0.05) is 6.54 Å². The summed E-state index contributed by atoms with van der Waals surface area (Å²) in [6, 6.07) is 7.90. The van der Waals surface area contributed by atoms with Gasteiger partial charge < -0.3 is 15.8 Å². The molecule has 0 atom stereocenters. The van der Waals surface area contributed by atoms with Crippen molar-refractivity contribution in [2.24, 2.45) is 5.73 Å². The van der Waals surface area contributed by atoms with Gasteiger partial charge in [0.1, 0.15) is 5.75 Å². The lowest BCUT2D eigenvalue weighted by Gasteiger charge is -2.28. The van der Waals surface area contributed by atoms with Crippen LogP contribution in [0.25, 0.3) is 0 Å². The first-order valence-electron chi connectivity index (χ1n) is 7.78. The van der Waals surface area contributed by atoms with Crippen LogP contribution in [-0.2, 0) is 4.79 Å². The summed E-state index contributed by atoms with van der Waals surface area (Å²) in [5.74, 6) is 1.13. The molecule has 4 nitrogen and oxygen atoms in total. The van der Waals surface area contributed by atoms with Gasteiger partial charge in [-0.3, -0.25) is 4.79 Å². The molecule has 124 valence electrons. The van der Waals surface area contributed by atoms with Crippen LogP contribution in [0.5, 0.6) is 5.75 Å². The van der Waals surface area contributed by atoms with Crippen LogP contribution in [0.3, 0.4) is 0 Å². The van der Waals surface area contributed by atoms with Crippen molar-refractivity contribution in [3.63, 3.8) is 0 Å². The Morgan fingerprint density at radius 3 is 2.36 bits per heavy atom. The molecule has 5 heteroatoms. The van der Waals surface area contributed by atoms with Crippen LogP contribution in [0.15, 0.2) is 24.3 Å². The van der Waals surface area contributed by atoms with Crippen molar-refractivity contribution in [3.8, 4) is 5.75 Å². The van der Waals surface area contributed by atoms with E-state index in [1.54, 1.807) is 0 Å². The maximum Gasteiger partial charge on any atom is 0.258 e. The van der Waals surface area contributed by atoms with Gasteiger partial charge in [-0.2, -0.15) is 0 Å². The summed E-state index contributed by atoms with van der Waals surface area (Å²) in [5, 5.41) is 3.05. The van der Waals surface area contributed by atoms with Crippen molar-refractivity contribution in [1.29, 1.82) is 0 Å². The lowest BCUT2D eigenvalue weighted by molar-refractivity contribution is -0.124. The third-order valence-electron chi connectivity index (χ3n) is 4.27. The number of carbonyl (C=O) groups is 1. The minimum absolute atomic E-state index is 0. The zero-order valence-corrected chi connectivity index (χ0v) is 14.2. The van der Waals surface area contributed by atoms with Gasteiger partial charge in [0.25, 0.3) is 5.91 Å². The van der Waals surface area contributed by atoms with Gasteiger partial charge in [-0.15, -0.1) is 12.4 Å². The Bertz CT molecular complexity index is 468. The molecule has 2 rings (SSSR count). The van der Waals surface area contributed by atoms with Gasteiger partial charge in [0.05, 0.1) is 5.54 Å². The highest BCUT2D eigenvalue weighted by Gasteiger charge is 2.33. The van der Waals surface area contributed by atoms with E-state index in [9.17, 15) is 4.79 Å². The molecule has 1 saturated carbocycles. The molecule has 22 heavy (non-hydrogen) atoms. The van der Waals surface area contributed by atoms with Gasteiger partial charge in [-0.25, -0.2) is 0 Å². The standard InChI is InChI=1S/C17H26N2O2.ClH/c1-13(2)14-5-7-15(8-6-14)21-11-16(20)19-17(12-18)9-3-4-10-17;/h5-8,13H,3-4,9-12,18H2,1-2H3,(H,19,20);1H. The quantitative estimate of drug-likeness (QED) is 0.844. The van der Waals surface area contributed by atoms with Crippen LogP contribution in [-0.4, -0.2) is 24.6 Å². The van der Waals surface area contributed by atoms with Crippen LogP contribution < -0.4 is 15.8 Å². The van der Waals surface area contributed by atoms with Crippen molar-refractivity contribution in [3.05, 3.63) is 29.8 Å². The number of hydrogen-bond acceptors (Lipinski definition) is 3. The average Bonchev–Trinajstić information content (AvgIpc) is 2.94. The molecular weight excluding hydrogens is 300 g/mol. The Kier molecular flexibility index (Phi) is 7.17. The van der Waals surface area contributed by atoms with Crippen LogP contribution in [0.1, 0.15) is 51.0 Å². The number of ether oxygens (including phenoxy) is 1. The second-order valence-corrected chi connectivity index (χ2v) is 6.25. The molecule has 3 N–H and O–H groups in total. The molecule has 1 aromatic carbocycles. The SMILES string of the molecule is CC(C)c1ccc(OCC(=O)NC2(CN)CCCC2)cc1.Cl. The fourth-order valence-corrected chi connectivity index (χ4v) is 2.86. The molecule has 0 bridgehead atoms. The van der Waals surface area contributed by atoms with Crippen LogP contribution >= 0.6 is 12.4 Å². The van der Waals surface area contributed by atoms with Crippen LogP contribution in [0.2, 0.25) is 0 Å². The Balaban J connectivity index is 0.00000242. The summed E-state index contributed by atoms with van der Waals surface area (Å²) in [6.45, 7) is 4.85. The first-order chi connectivity index (χ1) is 10.0. The predicted octanol–water partition coefficient (Wildman–Crippen LogP) is 3.00. The van der Waals surface area contributed by atoms with E-state index in [0.29, 0.717) is 12.5 Å². The normalized spacial score (nSPS) is 16.2. The molecule has 0 aromatic heterocycles. The molecule has 1 aromatic rings. The monoisotopic (exact) mass is 326 g/mol. The number of amides is 1. The van der Waals surface area contributed by atoms with E-state index in [0.717, 1.165) is 31.4 Å². The van der Waals surface area contributed by atoms with Crippen molar-refractivity contribution in [1.82, 2.24) is 5.32 Å². The number of rotatable bonds is 6. The largest absolute Gasteiger partial charge is 0.484 e. The maximum atomic E-state index is 12.0. The summed E-state index contributed by atoms with van der Waals surface area (Å²) < 4.78 is 5.55. The molecule has 0 unspecified atom stereocenters. The topological polar surface area (TPSA) is 64.3 Å². The van der Waals surface area contributed by atoms with E-state index in [-0.39, 0.29) is 30.5 Å². The van der Waals surface area contributed by atoms with Crippen LogP contribution in [0.4, 0.5) is 0 Å². The molecule has 0 aliphatic heterocycles. The third kappa shape index (κ3) is 4.89. The smallest absolute Gasteiger partial charge is 0.258 e. The minimum Gasteiger partial charge on any atom is -0.484 e. The van der Waals surface area contributed by atoms with Gasteiger partial charge in [0.2, 0.25) is 0 Å². The van der Waals surface area contributed by atoms with Crippen LogP contribution in [0, 0.1) is 0 Å². The van der Waals surface area contributed by atoms with E-state index < -0.39 is 0 Å². The zero-order valence-electron chi connectivity index (χ0n) is 13.4. The zero-order chi connectivity index (χ0) is 15.3. The first kappa shape index (κ1) is 18.8. The lowest BCUT2D eigenvalue weighted by Crippen LogP contribution is -2.52. The molecule has 0 saturated heterocycles. The molecule has 1 fully saturated rings. The van der Waals surface area contributed by atoms with Crippen molar-refractivity contribution < 1.29 is 9.53 Å². The molecule has 1 aliphatic rings. The molecule has 1 amide bonds. The molecule has 1 aliphatic carbocycles. The summed E-state index contributed by atoms with van der Waals surface area (Å²) in [6.07, 6.45) is 4.21. The van der Waals surface area contributed by atoms with Gasteiger partial charge in [0.15, 0.2) is 6.61 Å². The first-order valence-corrected chi connectivity index (χ1v) is 7.78. The number of nitrogens with two attached hydrogens (primary N) is 1. The molecule has 0 heterocycles.